The van der Waals surface area contributed by atoms with Gasteiger partial charge in [0.2, 0.25) is 0 Å². The summed E-state index contributed by atoms with van der Waals surface area (Å²) in [5.41, 5.74) is 4.54. The predicted molar refractivity (Wildman–Crippen MR) is 82.7 cm³/mol. The molecule has 0 amide bonds. The van der Waals surface area contributed by atoms with E-state index in [-0.39, 0.29) is 0 Å². The van der Waals surface area contributed by atoms with E-state index in [9.17, 15) is 0 Å². The van der Waals surface area contributed by atoms with Gasteiger partial charge in [-0.3, -0.25) is 0 Å². The first-order chi connectivity index (χ1) is 9.22. The van der Waals surface area contributed by atoms with Gasteiger partial charge in [0.25, 0.3) is 0 Å². The second kappa shape index (κ2) is 5.16. The third kappa shape index (κ3) is 2.70. The molecule has 0 atom stereocenters. The molecule has 0 unspecified atom stereocenters. The maximum atomic E-state index is 5.92. The highest BCUT2D eigenvalue weighted by Crippen LogP contribution is 2.27. The smallest absolute Gasteiger partial charge is 0.0901 e. The number of hydrogen-bond donors (Lipinski definition) is 0. The summed E-state index contributed by atoms with van der Waals surface area (Å²) in [6.07, 6.45) is 0. The molecule has 0 saturated carbocycles. The molecule has 19 heavy (non-hydrogen) atoms. The third-order valence-electron chi connectivity index (χ3n) is 2.95. The number of benzene rings is 2. The van der Waals surface area contributed by atoms with Crippen LogP contribution < -0.4 is 0 Å². The topological polar surface area (TPSA) is 12.9 Å². The number of halogens is 1. The number of hydrogen-bond acceptors (Lipinski definition) is 2. The number of thiazole rings is 1. The molecule has 0 fully saturated rings. The van der Waals surface area contributed by atoms with Gasteiger partial charge in [-0.1, -0.05) is 41.9 Å². The minimum atomic E-state index is 0.759. The zero-order valence-corrected chi connectivity index (χ0v) is 12.0. The van der Waals surface area contributed by atoms with Crippen LogP contribution in [0.4, 0.5) is 0 Å². The Kier molecular flexibility index (Phi) is 3.36. The molecule has 1 heterocycles. The largest absolute Gasteiger partial charge is 0.242 e. The van der Waals surface area contributed by atoms with Crippen LogP contribution in [-0.2, 0) is 0 Å². The SMILES string of the molecule is Cc1nc(-c2cccc(-c3ccc(Cl)cc3)c2)cs1. The van der Waals surface area contributed by atoms with Gasteiger partial charge in [0.05, 0.1) is 10.7 Å². The second-order valence-corrected chi connectivity index (χ2v) is 5.84. The summed E-state index contributed by atoms with van der Waals surface area (Å²) in [5, 5.41) is 3.94. The minimum absolute atomic E-state index is 0.759. The zero-order valence-electron chi connectivity index (χ0n) is 10.4. The fraction of sp³-hybridized carbons (Fsp3) is 0.0625. The zero-order chi connectivity index (χ0) is 13.2. The van der Waals surface area contributed by atoms with Crippen molar-refractivity contribution in [1.29, 1.82) is 0 Å². The molecule has 0 radical (unpaired) electrons. The van der Waals surface area contributed by atoms with Crippen molar-refractivity contribution >= 4 is 22.9 Å². The highest BCUT2D eigenvalue weighted by molar-refractivity contribution is 7.09. The molecule has 3 heteroatoms. The van der Waals surface area contributed by atoms with Gasteiger partial charge in [-0.25, -0.2) is 4.98 Å². The average Bonchev–Trinajstić information content (AvgIpc) is 2.86. The average molecular weight is 286 g/mol. The normalized spacial score (nSPS) is 10.6. The van der Waals surface area contributed by atoms with Gasteiger partial charge in [0.1, 0.15) is 0 Å². The molecule has 3 rings (SSSR count). The molecule has 0 spiro atoms. The van der Waals surface area contributed by atoms with Crippen molar-refractivity contribution in [2.45, 2.75) is 6.92 Å². The van der Waals surface area contributed by atoms with Crippen LogP contribution in [0.1, 0.15) is 5.01 Å². The highest BCUT2D eigenvalue weighted by Gasteiger charge is 2.04. The van der Waals surface area contributed by atoms with Crippen molar-refractivity contribution in [3.05, 3.63) is 63.9 Å². The molecule has 0 aliphatic carbocycles. The van der Waals surface area contributed by atoms with Gasteiger partial charge >= 0.3 is 0 Å². The maximum Gasteiger partial charge on any atom is 0.0901 e. The van der Waals surface area contributed by atoms with E-state index in [2.05, 4.69) is 34.6 Å². The third-order valence-corrected chi connectivity index (χ3v) is 3.98. The van der Waals surface area contributed by atoms with Crippen LogP contribution in [0.15, 0.2) is 53.9 Å². The summed E-state index contributed by atoms with van der Waals surface area (Å²) in [4.78, 5) is 4.53. The molecular weight excluding hydrogens is 274 g/mol. The molecule has 1 aromatic heterocycles. The molecule has 2 aromatic carbocycles. The van der Waals surface area contributed by atoms with Crippen molar-refractivity contribution in [3.8, 4) is 22.4 Å². The summed E-state index contributed by atoms with van der Waals surface area (Å²) in [5.74, 6) is 0. The Hall–Kier alpha value is -1.64. The van der Waals surface area contributed by atoms with Gasteiger partial charge in [0, 0.05) is 16.0 Å². The number of aryl methyl sites for hydroxylation is 1. The van der Waals surface area contributed by atoms with Gasteiger partial charge in [0.15, 0.2) is 0 Å². The summed E-state index contributed by atoms with van der Waals surface area (Å²) < 4.78 is 0. The second-order valence-electron chi connectivity index (χ2n) is 4.34. The molecule has 0 aliphatic heterocycles. The standard InChI is InChI=1S/C16H12ClNS/c1-11-18-16(10-19-11)14-4-2-3-13(9-14)12-5-7-15(17)8-6-12/h2-10H,1H3. The number of aromatic nitrogens is 1. The maximum absolute atomic E-state index is 5.92. The van der Waals surface area contributed by atoms with Crippen molar-refractivity contribution in [3.63, 3.8) is 0 Å². The summed E-state index contributed by atoms with van der Waals surface area (Å²) >= 11 is 7.59. The first-order valence-electron chi connectivity index (χ1n) is 6.01. The Morgan fingerprint density at radius 1 is 0.947 bits per heavy atom. The Balaban J connectivity index is 2.02. The molecular formula is C16H12ClNS. The molecule has 0 aliphatic rings. The fourth-order valence-corrected chi connectivity index (χ4v) is 2.74. The van der Waals surface area contributed by atoms with Crippen molar-refractivity contribution < 1.29 is 0 Å². The lowest BCUT2D eigenvalue weighted by Crippen LogP contribution is -1.81. The van der Waals surface area contributed by atoms with E-state index in [0.717, 1.165) is 21.3 Å². The van der Waals surface area contributed by atoms with Crippen LogP contribution in [-0.4, -0.2) is 4.98 Å². The van der Waals surface area contributed by atoms with E-state index in [0.29, 0.717) is 0 Å². The first kappa shape index (κ1) is 12.4. The minimum Gasteiger partial charge on any atom is -0.242 e. The van der Waals surface area contributed by atoms with E-state index >= 15 is 0 Å². The van der Waals surface area contributed by atoms with Crippen LogP contribution in [0.3, 0.4) is 0 Å². The predicted octanol–water partition coefficient (Wildman–Crippen LogP) is 5.44. The molecule has 0 N–H and O–H groups in total. The van der Waals surface area contributed by atoms with Crippen molar-refractivity contribution in [2.75, 3.05) is 0 Å². The quantitative estimate of drug-likeness (QED) is 0.611. The van der Waals surface area contributed by atoms with Crippen molar-refractivity contribution in [1.82, 2.24) is 4.98 Å². The van der Waals surface area contributed by atoms with Crippen LogP contribution in [0, 0.1) is 6.92 Å². The van der Waals surface area contributed by atoms with Gasteiger partial charge in [-0.15, -0.1) is 11.3 Å². The number of rotatable bonds is 2. The molecule has 3 aromatic rings. The fourth-order valence-electron chi connectivity index (χ4n) is 2.00. The van der Waals surface area contributed by atoms with Gasteiger partial charge < -0.3 is 0 Å². The van der Waals surface area contributed by atoms with E-state index in [1.54, 1.807) is 11.3 Å². The monoisotopic (exact) mass is 285 g/mol. The molecule has 0 bridgehead atoms. The lowest BCUT2D eigenvalue weighted by atomic mass is 10.0. The Bertz CT molecular complexity index is 701. The summed E-state index contributed by atoms with van der Waals surface area (Å²) in [7, 11) is 0. The Morgan fingerprint density at radius 3 is 2.37 bits per heavy atom. The van der Waals surface area contributed by atoms with Crippen LogP contribution >= 0.6 is 22.9 Å². The van der Waals surface area contributed by atoms with E-state index in [1.807, 2.05) is 31.2 Å². The highest BCUT2D eigenvalue weighted by atomic mass is 35.5. The number of nitrogens with zero attached hydrogens (tertiary/aromatic N) is 1. The van der Waals surface area contributed by atoms with E-state index in [1.165, 1.54) is 11.1 Å². The molecule has 94 valence electrons. The Morgan fingerprint density at radius 2 is 1.68 bits per heavy atom. The first-order valence-corrected chi connectivity index (χ1v) is 7.27. The molecule has 0 saturated heterocycles. The van der Waals surface area contributed by atoms with Crippen LogP contribution in [0.25, 0.3) is 22.4 Å². The Labute approximate surface area is 121 Å². The lowest BCUT2D eigenvalue weighted by molar-refractivity contribution is 1.30. The summed E-state index contributed by atoms with van der Waals surface area (Å²) in [6, 6.07) is 16.3. The summed E-state index contributed by atoms with van der Waals surface area (Å²) in [6.45, 7) is 2.03. The van der Waals surface area contributed by atoms with E-state index < -0.39 is 0 Å². The van der Waals surface area contributed by atoms with Gasteiger partial charge in [-0.05, 0) is 36.2 Å². The van der Waals surface area contributed by atoms with Crippen LogP contribution in [0.2, 0.25) is 5.02 Å². The lowest BCUT2D eigenvalue weighted by Gasteiger charge is -2.04. The van der Waals surface area contributed by atoms with Crippen molar-refractivity contribution in [2.24, 2.45) is 0 Å². The molecule has 1 nitrogen and oxygen atoms in total. The van der Waals surface area contributed by atoms with Gasteiger partial charge in [-0.2, -0.15) is 0 Å². The van der Waals surface area contributed by atoms with E-state index in [4.69, 9.17) is 11.6 Å². The van der Waals surface area contributed by atoms with Crippen LogP contribution in [0.5, 0.6) is 0 Å².